The van der Waals surface area contributed by atoms with E-state index in [9.17, 15) is 13.2 Å². The molecule has 25 heavy (non-hydrogen) atoms. The van der Waals surface area contributed by atoms with Crippen LogP contribution in [0.4, 0.5) is 0 Å². The maximum atomic E-state index is 12.6. The Hall–Kier alpha value is -1.77. The summed E-state index contributed by atoms with van der Waals surface area (Å²) in [5.41, 5.74) is 1.28. The Bertz CT molecular complexity index is 856. The zero-order valence-corrected chi connectivity index (χ0v) is 15.7. The van der Waals surface area contributed by atoms with Crippen molar-refractivity contribution < 1.29 is 13.2 Å². The summed E-state index contributed by atoms with van der Waals surface area (Å²) in [5.74, 6) is -0.104. The molecule has 0 radical (unpaired) electrons. The molecule has 1 aliphatic heterocycles. The molecule has 0 spiro atoms. The average Bonchev–Trinajstić information content (AvgIpc) is 3.06. The highest BCUT2D eigenvalue weighted by Crippen LogP contribution is 2.17. The van der Waals surface area contributed by atoms with Crippen LogP contribution in [-0.2, 0) is 16.6 Å². The van der Waals surface area contributed by atoms with Crippen LogP contribution in [0.2, 0.25) is 0 Å². The van der Waals surface area contributed by atoms with E-state index in [-0.39, 0.29) is 17.3 Å². The van der Waals surface area contributed by atoms with E-state index in [4.69, 9.17) is 0 Å². The van der Waals surface area contributed by atoms with Crippen molar-refractivity contribution in [2.75, 3.05) is 13.1 Å². The van der Waals surface area contributed by atoms with Crippen LogP contribution in [0.25, 0.3) is 0 Å². The van der Waals surface area contributed by atoms with Gasteiger partial charge in [-0.3, -0.25) is 4.79 Å². The van der Waals surface area contributed by atoms with Gasteiger partial charge in [0.05, 0.1) is 11.4 Å². The number of carbonyl (C=O) groups excluding carboxylic acids is 1. The molecule has 0 bridgehead atoms. The lowest BCUT2D eigenvalue weighted by atomic mass is 10.1. The molecule has 2 heterocycles. The number of aromatic nitrogens is 1. The number of hydrogen-bond donors (Lipinski definition) is 1. The van der Waals surface area contributed by atoms with Gasteiger partial charge in [-0.2, -0.15) is 0 Å². The molecule has 6 nitrogen and oxygen atoms in total. The second-order valence-corrected chi connectivity index (χ2v) is 8.80. The van der Waals surface area contributed by atoms with Gasteiger partial charge in [-0.1, -0.05) is 6.07 Å². The van der Waals surface area contributed by atoms with E-state index in [1.807, 2.05) is 12.3 Å². The molecule has 1 saturated heterocycles. The standard InChI is InChI=1S/C17H21N3O3S2/c1-13-12-24-16(19-13)11-18-25(22,23)15-7-5-6-14(10-15)17(21)20-8-3-2-4-9-20/h5-7,10,12,18H,2-4,8-9,11H2,1H3. The number of nitrogens with zero attached hydrogens (tertiary/aromatic N) is 2. The third-order valence-corrected chi connectivity index (χ3v) is 6.48. The topological polar surface area (TPSA) is 79.4 Å². The first-order valence-electron chi connectivity index (χ1n) is 8.26. The fourth-order valence-corrected chi connectivity index (χ4v) is 4.64. The van der Waals surface area contributed by atoms with E-state index in [0.29, 0.717) is 10.6 Å². The van der Waals surface area contributed by atoms with Gasteiger partial charge in [0.2, 0.25) is 10.0 Å². The Labute approximate surface area is 151 Å². The predicted octanol–water partition coefficient (Wildman–Crippen LogP) is 2.56. The van der Waals surface area contributed by atoms with Crippen molar-refractivity contribution in [3.05, 3.63) is 45.9 Å². The van der Waals surface area contributed by atoms with Crippen molar-refractivity contribution in [1.29, 1.82) is 0 Å². The monoisotopic (exact) mass is 379 g/mol. The molecule has 1 aromatic carbocycles. The molecule has 1 fully saturated rings. The molecule has 0 saturated carbocycles. The molecule has 2 aromatic rings. The molecule has 0 atom stereocenters. The maximum Gasteiger partial charge on any atom is 0.253 e. The molecule has 1 amide bonds. The fourth-order valence-electron chi connectivity index (χ4n) is 2.80. The molecule has 1 aliphatic rings. The second kappa shape index (κ2) is 7.63. The van der Waals surface area contributed by atoms with Crippen molar-refractivity contribution in [3.8, 4) is 0 Å². The third-order valence-electron chi connectivity index (χ3n) is 4.11. The first-order chi connectivity index (χ1) is 12.0. The summed E-state index contributed by atoms with van der Waals surface area (Å²) in [6, 6.07) is 6.23. The van der Waals surface area contributed by atoms with Crippen LogP contribution in [0, 0.1) is 6.92 Å². The lowest BCUT2D eigenvalue weighted by Crippen LogP contribution is -2.35. The predicted molar refractivity (Wildman–Crippen MR) is 97.1 cm³/mol. The summed E-state index contributed by atoms with van der Waals surface area (Å²) in [7, 11) is -3.69. The largest absolute Gasteiger partial charge is 0.339 e. The van der Waals surface area contributed by atoms with Crippen molar-refractivity contribution in [2.45, 2.75) is 37.6 Å². The molecular weight excluding hydrogens is 358 g/mol. The van der Waals surface area contributed by atoms with Crippen molar-refractivity contribution in [1.82, 2.24) is 14.6 Å². The van der Waals surface area contributed by atoms with Crippen LogP contribution in [-0.4, -0.2) is 37.3 Å². The molecule has 1 aromatic heterocycles. The van der Waals surface area contributed by atoms with Crippen LogP contribution >= 0.6 is 11.3 Å². The van der Waals surface area contributed by atoms with Gasteiger partial charge >= 0.3 is 0 Å². The summed E-state index contributed by atoms with van der Waals surface area (Å²) in [4.78, 5) is 18.7. The first kappa shape index (κ1) is 18.0. The van der Waals surface area contributed by atoms with Crippen molar-refractivity contribution in [2.24, 2.45) is 0 Å². The van der Waals surface area contributed by atoms with Crippen molar-refractivity contribution in [3.63, 3.8) is 0 Å². The highest BCUT2D eigenvalue weighted by molar-refractivity contribution is 7.89. The Morgan fingerprint density at radius 3 is 2.72 bits per heavy atom. The number of aryl methyl sites for hydroxylation is 1. The molecule has 8 heteroatoms. The number of benzene rings is 1. The summed E-state index contributed by atoms with van der Waals surface area (Å²) in [6.07, 6.45) is 3.13. The zero-order chi connectivity index (χ0) is 17.9. The van der Waals surface area contributed by atoms with E-state index < -0.39 is 10.0 Å². The molecule has 0 unspecified atom stereocenters. The molecule has 1 N–H and O–H groups in total. The Kier molecular flexibility index (Phi) is 5.51. The van der Waals surface area contributed by atoms with Gasteiger partial charge in [-0.15, -0.1) is 11.3 Å². The van der Waals surface area contributed by atoms with Gasteiger partial charge < -0.3 is 4.90 Å². The second-order valence-electron chi connectivity index (χ2n) is 6.09. The zero-order valence-electron chi connectivity index (χ0n) is 14.1. The minimum atomic E-state index is -3.69. The number of likely N-dealkylation sites (tertiary alicyclic amines) is 1. The first-order valence-corrected chi connectivity index (χ1v) is 10.6. The van der Waals surface area contributed by atoms with E-state index in [2.05, 4.69) is 9.71 Å². The number of amides is 1. The van der Waals surface area contributed by atoms with Crippen LogP contribution in [0.1, 0.15) is 40.3 Å². The Morgan fingerprint density at radius 1 is 1.28 bits per heavy atom. The van der Waals surface area contributed by atoms with Crippen molar-refractivity contribution >= 4 is 27.3 Å². The van der Waals surface area contributed by atoms with Gasteiger partial charge in [0, 0.05) is 29.7 Å². The molecule has 0 aliphatic carbocycles. The quantitative estimate of drug-likeness (QED) is 0.866. The van der Waals surface area contributed by atoms with Crippen LogP contribution in [0.3, 0.4) is 0 Å². The Balaban J connectivity index is 1.74. The molecule has 3 rings (SSSR count). The summed E-state index contributed by atoms with van der Waals surface area (Å²) in [5, 5.41) is 2.59. The summed E-state index contributed by atoms with van der Waals surface area (Å²) < 4.78 is 27.6. The van der Waals surface area contributed by atoms with Crippen LogP contribution in [0.5, 0.6) is 0 Å². The van der Waals surface area contributed by atoms with E-state index >= 15 is 0 Å². The van der Waals surface area contributed by atoms with E-state index in [1.165, 1.54) is 23.5 Å². The fraction of sp³-hybridized carbons (Fsp3) is 0.412. The highest BCUT2D eigenvalue weighted by atomic mass is 32.2. The third kappa shape index (κ3) is 4.45. The maximum absolute atomic E-state index is 12.6. The Morgan fingerprint density at radius 2 is 2.04 bits per heavy atom. The molecule has 134 valence electrons. The number of thiazole rings is 1. The van der Waals surface area contributed by atoms with Gasteiger partial charge in [-0.05, 0) is 44.4 Å². The van der Waals surface area contributed by atoms with E-state index in [1.54, 1.807) is 17.0 Å². The number of nitrogens with one attached hydrogen (secondary N) is 1. The van der Waals surface area contributed by atoms with Crippen LogP contribution in [0.15, 0.2) is 34.5 Å². The van der Waals surface area contributed by atoms with E-state index in [0.717, 1.165) is 38.0 Å². The number of piperidine rings is 1. The van der Waals surface area contributed by atoms with Gasteiger partial charge in [0.15, 0.2) is 0 Å². The van der Waals surface area contributed by atoms with Gasteiger partial charge in [0.1, 0.15) is 5.01 Å². The molecular formula is C17H21N3O3S2. The number of sulfonamides is 1. The highest BCUT2D eigenvalue weighted by Gasteiger charge is 2.21. The van der Waals surface area contributed by atoms with Crippen LogP contribution < -0.4 is 4.72 Å². The number of hydrogen-bond acceptors (Lipinski definition) is 5. The summed E-state index contributed by atoms with van der Waals surface area (Å²) >= 11 is 1.41. The SMILES string of the molecule is Cc1csc(CNS(=O)(=O)c2cccc(C(=O)N3CCCCC3)c2)n1. The minimum Gasteiger partial charge on any atom is -0.339 e. The summed E-state index contributed by atoms with van der Waals surface area (Å²) in [6.45, 7) is 3.48. The lowest BCUT2D eigenvalue weighted by molar-refractivity contribution is 0.0724. The normalized spacial score (nSPS) is 15.3. The van der Waals surface area contributed by atoms with Gasteiger partial charge in [-0.25, -0.2) is 18.1 Å². The lowest BCUT2D eigenvalue weighted by Gasteiger charge is -2.26. The smallest absolute Gasteiger partial charge is 0.253 e. The van der Waals surface area contributed by atoms with Gasteiger partial charge in [0.25, 0.3) is 5.91 Å². The number of rotatable bonds is 5. The minimum absolute atomic E-state index is 0.101. The average molecular weight is 380 g/mol. The number of carbonyl (C=O) groups is 1.